The highest BCUT2D eigenvalue weighted by atomic mass is 16.8. The van der Waals surface area contributed by atoms with Crippen LogP contribution in [0, 0.1) is 5.21 Å². The fourth-order valence-electron chi connectivity index (χ4n) is 1.52. The number of nitrogens with one attached hydrogen (secondary N) is 1. The van der Waals surface area contributed by atoms with E-state index in [1.807, 2.05) is 0 Å². The molecule has 0 aromatic heterocycles. The van der Waals surface area contributed by atoms with Crippen LogP contribution >= 0.6 is 0 Å². The Labute approximate surface area is 107 Å². The van der Waals surface area contributed by atoms with E-state index >= 15 is 0 Å². The first-order valence-electron chi connectivity index (χ1n) is 5.58. The van der Waals surface area contributed by atoms with E-state index in [-0.39, 0.29) is 6.42 Å². The molecular weight excluding hydrogens is 266 g/mol. The Morgan fingerprint density at radius 1 is 1.21 bits per heavy atom. The quantitative estimate of drug-likeness (QED) is 0.215. The van der Waals surface area contributed by atoms with Crippen LogP contribution in [0.3, 0.4) is 0 Å². The van der Waals surface area contributed by atoms with Gasteiger partial charge < -0.3 is 35.1 Å². The Bertz CT molecular complexity index is 299. The summed E-state index contributed by atoms with van der Waals surface area (Å²) < 4.78 is 9.40. The Kier molecular flexibility index (Phi) is 6.03. The van der Waals surface area contributed by atoms with Crippen molar-refractivity contribution in [3.63, 3.8) is 0 Å². The number of rotatable bonds is 5. The maximum atomic E-state index is 11.1. The van der Waals surface area contributed by atoms with Gasteiger partial charge in [0.25, 0.3) is 0 Å². The summed E-state index contributed by atoms with van der Waals surface area (Å²) in [4.78, 5) is 11.1. The molecule has 0 aliphatic carbocycles. The minimum atomic E-state index is -1.71. The predicted octanol–water partition coefficient (Wildman–Crippen LogP) is -4.51. The van der Waals surface area contributed by atoms with Crippen LogP contribution in [0.1, 0.15) is 6.42 Å². The van der Waals surface area contributed by atoms with Crippen LogP contribution in [0.5, 0.6) is 0 Å². The molecule has 6 N–H and O–H groups in total. The zero-order valence-corrected chi connectivity index (χ0v) is 9.88. The fraction of sp³-hybridized carbons (Fsp3) is 0.889. The van der Waals surface area contributed by atoms with Gasteiger partial charge in [0.2, 0.25) is 0 Å². The van der Waals surface area contributed by atoms with Crippen molar-refractivity contribution in [2.24, 2.45) is 0 Å². The standard InChI is InChI=1S/C9H17NO9/c11-5(1-2-10(16)17)18-3-4-6(12)7(13)8(14)9(15)19-4/h4,6-10,12-16H,1-3H2/t4-,6-,7+,8-,9-/m1/s1. The van der Waals surface area contributed by atoms with Crippen molar-refractivity contribution >= 4 is 5.97 Å². The lowest BCUT2D eigenvalue weighted by Gasteiger charge is -2.37. The van der Waals surface area contributed by atoms with Crippen LogP contribution in [-0.2, 0) is 14.3 Å². The topological polar surface area (TPSA) is 164 Å². The van der Waals surface area contributed by atoms with Crippen LogP contribution in [0.2, 0.25) is 0 Å². The third-order valence-corrected chi connectivity index (χ3v) is 2.64. The number of quaternary nitrogens is 1. The highest BCUT2D eigenvalue weighted by Crippen LogP contribution is 2.20. The van der Waals surface area contributed by atoms with Gasteiger partial charge in [-0.2, -0.15) is 0 Å². The first kappa shape index (κ1) is 16.2. The molecule has 0 bridgehead atoms. The smallest absolute Gasteiger partial charge is 0.311 e. The summed E-state index contributed by atoms with van der Waals surface area (Å²) in [6.07, 6.45) is -8.08. The molecule has 1 aliphatic heterocycles. The van der Waals surface area contributed by atoms with E-state index < -0.39 is 55.1 Å². The van der Waals surface area contributed by atoms with Crippen molar-refractivity contribution in [3.8, 4) is 0 Å². The first-order valence-corrected chi connectivity index (χ1v) is 5.58. The summed E-state index contributed by atoms with van der Waals surface area (Å²) in [6, 6.07) is 0. The van der Waals surface area contributed by atoms with Gasteiger partial charge in [0.05, 0.1) is 6.42 Å². The lowest BCUT2D eigenvalue weighted by Crippen LogP contribution is -3.04. The normalized spacial score (nSPS) is 36.8. The molecule has 1 aliphatic rings. The van der Waals surface area contributed by atoms with Gasteiger partial charge in [-0.15, -0.1) is 0 Å². The molecule has 19 heavy (non-hydrogen) atoms. The second-order valence-corrected chi connectivity index (χ2v) is 4.11. The Hall–Kier alpha value is -0.850. The van der Waals surface area contributed by atoms with Crippen molar-refractivity contribution in [1.82, 2.24) is 0 Å². The minimum Gasteiger partial charge on any atom is -0.600 e. The zero-order chi connectivity index (χ0) is 14.6. The minimum absolute atomic E-state index is 0.341. The van der Waals surface area contributed by atoms with Crippen molar-refractivity contribution in [2.75, 3.05) is 13.2 Å². The average molecular weight is 283 g/mol. The maximum absolute atomic E-state index is 11.1. The van der Waals surface area contributed by atoms with Crippen molar-refractivity contribution in [2.45, 2.75) is 37.1 Å². The SMILES string of the molecule is O=C(CC[NH+]([O-])O)OC[C@H]1O[C@@H](O)[C@H](O)[C@@H](O)[C@@H]1O. The maximum Gasteiger partial charge on any atom is 0.311 e. The Morgan fingerprint density at radius 2 is 1.84 bits per heavy atom. The van der Waals surface area contributed by atoms with Gasteiger partial charge in [0, 0.05) is 0 Å². The van der Waals surface area contributed by atoms with Gasteiger partial charge in [0.1, 0.15) is 37.6 Å². The van der Waals surface area contributed by atoms with Crippen LogP contribution in [0.4, 0.5) is 0 Å². The molecule has 0 spiro atoms. The van der Waals surface area contributed by atoms with Gasteiger partial charge in [-0.05, 0) is 0 Å². The number of hydrogen-bond donors (Lipinski definition) is 6. The second kappa shape index (κ2) is 7.07. The zero-order valence-electron chi connectivity index (χ0n) is 9.88. The summed E-state index contributed by atoms with van der Waals surface area (Å²) in [5.41, 5.74) is 0. The van der Waals surface area contributed by atoms with E-state index in [9.17, 15) is 30.4 Å². The molecule has 1 saturated heterocycles. The van der Waals surface area contributed by atoms with E-state index in [4.69, 9.17) is 9.94 Å². The monoisotopic (exact) mass is 283 g/mol. The number of hydroxylamine groups is 2. The molecule has 1 fully saturated rings. The lowest BCUT2D eigenvalue weighted by molar-refractivity contribution is -1.05. The van der Waals surface area contributed by atoms with Crippen LogP contribution in [0.15, 0.2) is 0 Å². The molecule has 1 rings (SSSR count). The molecule has 0 radical (unpaired) electrons. The molecule has 10 nitrogen and oxygen atoms in total. The van der Waals surface area contributed by atoms with Crippen molar-refractivity contribution in [1.29, 1.82) is 0 Å². The third-order valence-electron chi connectivity index (χ3n) is 2.64. The fourth-order valence-corrected chi connectivity index (χ4v) is 1.52. The predicted molar refractivity (Wildman–Crippen MR) is 55.5 cm³/mol. The van der Waals surface area contributed by atoms with E-state index in [1.54, 1.807) is 0 Å². The average Bonchev–Trinajstić information content (AvgIpc) is 2.36. The summed E-state index contributed by atoms with van der Waals surface area (Å²) in [7, 11) is 0. The molecule has 6 atom stereocenters. The van der Waals surface area contributed by atoms with Gasteiger partial charge in [-0.25, -0.2) is 10.4 Å². The molecule has 1 unspecified atom stereocenters. The van der Waals surface area contributed by atoms with Crippen LogP contribution in [-0.4, -0.2) is 75.5 Å². The van der Waals surface area contributed by atoms with Gasteiger partial charge in [-0.3, -0.25) is 4.79 Å². The molecule has 0 amide bonds. The Morgan fingerprint density at radius 3 is 2.42 bits per heavy atom. The van der Waals surface area contributed by atoms with Crippen LogP contribution < -0.4 is 5.23 Å². The summed E-state index contributed by atoms with van der Waals surface area (Å²) in [6.45, 7) is -0.864. The molecule has 10 heteroatoms. The number of carbonyl (C=O) groups is 1. The molecule has 1 heterocycles. The van der Waals surface area contributed by atoms with E-state index in [1.165, 1.54) is 0 Å². The number of ether oxygens (including phenoxy) is 2. The van der Waals surface area contributed by atoms with E-state index in [2.05, 4.69) is 4.74 Å². The summed E-state index contributed by atoms with van der Waals surface area (Å²) >= 11 is 0. The molecule has 0 aromatic carbocycles. The number of aliphatic hydroxyl groups excluding tert-OH is 4. The van der Waals surface area contributed by atoms with Crippen molar-refractivity contribution in [3.05, 3.63) is 5.21 Å². The Balaban J connectivity index is 2.38. The lowest BCUT2D eigenvalue weighted by atomic mass is 9.99. The summed E-state index contributed by atoms with van der Waals surface area (Å²) in [5.74, 6) is -0.812. The number of hydrogen-bond acceptors (Lipinski definition) is 9. The number of esters is 1. The van der Waals surface area contributed by atoms with Gasteiger partial charge >= 0.3 is 5.97 Å². The number of aliphatic hydroxyl groups is 4. The number of carbonyl (C=O) groups excluding carboxylic acids is 1. The van der Waals surface area contributed by atoms with Gasteiger partial charge in [-0.1, -0.05) is 0 Å². The van der Waals surface area contributed by atoms with Gasteiger partial charge in [0.15, 0.2) is 6.29 Å². The summed E-state index contributed by atoms with van der Waals surface area (Å²) in [5, 5.41) is 54.7. The molecular formula is C9H17NO9. The first-order chi connectivity index (χ1) is 8.82. The van der Waals surface area contributed by atoms with E-state index in [0.717, 1.165) is 0 Å². The van der Waals surface area contributed by atoms with Crippen LogP contribution in [0.25, 0.3) is 0 Å². The largest absolute Gasteiger partial charge is 0.600 e. The molecule has 0 aromatic rings. The highest BCUT2D eigenvalue weighted by Gasteiger charge is 2.43. The third kappa shape index (κ3) is 4.63. The molecule has 0 saturated carbocycles. The highest BCUT2D eigenvalue weighted by molar-refractivity contribution is 5.69. The molecule has 112 valence electrons. The second-order valence-electron chi connectivity index (χ2n) is 4.11. The van der Waals surface area contributed by atoms with Crippen molar-refractivity contribution < 1.29 is 45.1 Å². The van der Waals surface area contributed by atoms with E-state index in [0.29, 0.717) is 0 Å².